The lowest BCUT2D eigenvalue weighted by Gasteiger charge is -2.17. The van der Waals surface area contributed by atoms with Crippen molar-refractivity contribution in [1.82, 2.24) is 9.97 Å². The van der Waals surface area contributed by atoms with E-state index < -0.39 is 0 Å². The van der Waals surface area contributed by atoms with Gasteiger partial charge in [0.1, 0.15) is 10.6 Å². The monoisotopic (exact) mass is 262 g/mol. The van der Waals surface area contributed by atoms with Gasteiger partial charge in [-0.25, -0.2) is 10.8 Å². The fourth-order valence-corrected chi connectivity index (χ4v) is 2.58. The van der Waals surface area contributed by atoms with Crippen LogP contribution in [0.25, 0.3) is 10.2 Å². The minimum atomic E-state index is 0.392. The number of anilines is 2. The van der Waals surface area contributed by atoms with E-state index in [9.17, 15) is 0 Å². The van der Waals surface area contributed by atoms with Gasteiger partial charge in [0, 0.05) is 18.5 Å². The van der Waals surface area contributed by atoms with Crippen LogP contribution in [0.3, 0.4) is 0 Å². The molecule has 0 atom stereocenters. The quantitative estimate of drug-likeness (QED) is 0.643. The first-order chi connectivity index (χ1) is 8.65. The van der Waals surface area contributed by atoms with Crippen LogP contribution >= 0.6 is 11.3 Å². The Kier molecular flexibility index (Phi) is 3.60. The predicted octanol–water partition coefficient (Wildman–Crippen LogP) is 1.64. The fraction of sp³-hybridized carbons (Fsp3) is 0.364. The molecule has 0 unspecified atom stereocenters. The van der Waals surface area contributed by atoms with Crippen LogP contribution < -0.4 is 16.2 Å². The fourth-order valence-electron chi connectivity index (χ4n) is 1.71. The molecule has 0 saturated heterocycles. The molecule has 94 valence electrons. The summed E-state index contributed by atoms with van der Waals surface area (Å²) in [6.07, 6.45) is 0.455. The lowest BCUT2D eigenvalue weighted by molar-refractivity contribution is 0.887. The number of hydrogen-bond donors (Lipinski definition) is 2. The van der Waals surface area contributed by atoms with Crippen molar-refractivity contribution in [2.45, 2.75) is 13.3 Å². The Balaban J connectivity index is 2.49. The van der Waals surface area contributed by atoms with Crippen LogP contribution in [0.15, 0.2) is 6.07 Å². The molecular formula is C11H14N6S. The Morgan fingerprint density at radius 3 is 3.00 bits per heavy atom. The van der Waals surface area contributed by atoms with Gasteiger partial charge in [-0.2, -0.15) is 10.2 Å². The summed E-state index contributed by atoms with van der Waals surface area (Å²) < 4.78 is 0. The number of nitrogens with zero attached hydrogens (tertiary/aromatic N) is 4. The second-order valence-corrected chi connectivity index (χ2v) is 5.16. The van der Waals surface area contributed by atoms with E-state index in [0.717, 1.165) is 16.0 Å². The lowest BCUT2D eigenvalue weighted by atomic mass is 10.3. The number of nitrogens with two attached hydrogens (primary N) is 1. The van der Waals surface area contributed by atoms with Gasteiger partial charge < -0.3 is 4.90 Å². The van der Waals surface area contributed by atoms with Gasteiger partial charge in [0.05, 0.1) is 17.9 Å². The third-order valence-corrected chi connectivity index (χ3v) is 3.49. The summed E-state index contributed by atoms with van der Waals surface area (Å²) in [7, 11) is 1.91. The van der Waals surface area contributed by atoms with Gasteiger partial charge in [-0.05, 0) is 13.0 Å². The molecule has 6 nitrogen and oxygen atoms in total. The van der Waals surface area contributed by atoms with Gasteiger partial charge in [0.25, 0.3) is 0 Å². The Hall–Kier alpha value is -1.91. The molecule has 0 fully saturated rings. The highest BCUT2D eigenvalue weighted by Crippen LogP contribution is 2.31. The van der Waals surface area contributed by atoms with Crippen LogP contribution in [0.2, 0.25) is 0 Å². The van der Waals surface area contributed by atoms with Gasteiger partial charge in [0.2, 0.25) is 5.95 Å². The Morgan fingerprint density at radius 2 is 2.33 bits per heavy atom. The molecule has 2 aromatic heterocycles. The Bertz CT molecular complexity index is 599. The summed E-state index contributed by atoms with van der Waals surface area (Å²) in [6.45, 7) is 2.66. The number of thiophene rings is 1. The van der Waals surface area contributed by atoms with Crippen LogP contribution in [0.1, 0.15) is 11.3 Å². The first kappa shape index (κ1) is 12.5. The molecule has 0 aromatic carbocycles. The van der Waals surface area contributed by atoms with Gasteiger partial charge >= 0.3 is 0 Å². The van der Waals surface area contributed by atoms with E-state index in [4.69, 9.17) is 11.1 Å². The average molecular weight is 262 g/mol. The number of rotatable bonds is 4. The summed E-state index contributed by atoms with van der Waals surface area (Å²) in [5.41, 5.74) is 2.47. The highest BCUT2D eigenvalue weighted by molar-refractivity contribution is 7.18. The van der Waals surface area contributed by atoms with Crippen molar-refractivity contribution in [3.63, 3.8) is 0 Å². The third-order valence-electron chi connectivity index (χ3n) is 2.55. The molecule has 0 aliphatic carbocycles. The molecule has 2 rings (SSSR count). The maximum absolute atomic E-state index is 8.64. The molecular weight excluding hydrogens is 248 g/mol. The highest BCUT2D eigenvalue weighted by Gasteiger charge is 2.13. The Labute approximate surface area is 109 Å². The molecule has 0 spiro atoms. The first-order valence-electron chi connectivity index (χ1n) is 5.48. The first-order valence-corrected chi connectivity index (χ1v) is 6.30. The van der Waals surface area contributed by atoms with Crippen molar-refractivity contribution in [3.05, 3.63) is 10.9 Å². The summed E-state index contributed by atoms with van der Waals surface area (Å²) in [6, 6.07) is 4.18. The summed E-state index contributed by atoms with van der Waals surface area (Å²) in [5, 5.41) is 9.64. The van der Waals surface area contributed by atoms with E-state index in [1.165, 1.54) is 4.88 Å². The maximum Gasteiger partial charge on any atom is 0.240 e. The van der Waals surface area contributed by atoms with Crippen LogP contribution in [0, 0.1) is 18.3 Å². The van der Waals surface area contributed by atoms with E-state index in [0.29, 0.717) is 18.9 Å². The highest BCUT2D eigenvalue weighted by atomic mass is 32.1. The number of nitrogen functional groups attached to an aromatic ring is 1. The topological polar surface area (TPSA) is 90.9 Å². The van der Waals surface area contributed by atoms with Crippen LogP contribution in [-0.4, -0.2) is 23.6 Å². The molecule has 3 N–H and O–H groups in total. The molecule has 18 heavy (non-hydrogen) atoms. The second kappa shape index (κ2) is 5.16. The number of nitriles is 1. The molecule has 0 saturated carbocycles. The van der Waals surface area contributed by atoms with Crippen LogP contribution in [-0.2, 0) is 0 Å². The van der Waals surface area contributed by atoms with E-state index in [1.807, 2.05) is 18.9 Å². The van der Waals surface area contributed by atoms with Crippen molar-refractivity contribution >= 4 is 33.3 Å². The minimum Gasteiger partial charge on any atom is -0.358 e. The van der Waals surface area contributed by atoms with Crippen molar-refractivity contribution < 1.29 is 0 Å². The van der Waals surface area contributed by atoms with Crippen molar-refractivity contribution in [2.24, 2.45) is 5.84 Å². The van der Waals surface area contributed by atoms with Gasteiger partial charge in [-0.1, -0.05) is 0 Å². The maximum atomic E-state index is 8.64. The number of fused-ring (bicyclic) bond motifs is 1. The largest absolute Gasteiger partial charge is 0.358 e. The molecule has 7 heteroatoms. The zero-order chi connectivity index (χ0) is 13.1. The van der Waals surface area contributed by atoms with E-state index in [-0.39, 0.29) is 0 Å². The molecule has 2 heterocycles. The van der Waals surface area contributed by atoms with Gasteiger partial charge in [-0.15, -0.1) is 11.3 Å². The van der Waals surface area contributed by atoms with Crippen LogP contribution in [0.5, 0.6) is 0 Å². The summed E-state index contributed by atoms with van der Waals surface area (Å²) in [5.74, 6) is 6.57. The van der Waals surface area contributed by atoms with Crippen molar-refractivity contribution in [2.75, 3.05) is 23.9 Å². The SMILES string of the molecule is Cc1cc2c(N(C)CCC#N)nc(NN)nc2s1. The molecule has 0 aliphatic heterocycles. The van der Waals surface area contributed by atoms with E-state index in [2.05, 4.69) is 27.5 Å². The molecule has 2 aromatic rings. The van der Waals surface area contributed by atoms with Crippen LogP contribution in [0.4, 0.5) is 11.8 Å². The average Bonchev–Trinajstić information content (AvgIpc) is 2.74. The van der Waals surface area contributed by atoms with E-state index >= 15 is 0 Å². The molecule has 0 aliphatic rings. The Morgan fingerprint density at radius 1 is 1.56 bits per heavy atom. The second-order valence-electron chi connectivity index (χ2n) is 3.92. The molecule has 0 amide bonds. The van der Waals surface area contributed by atoms with E-state index in [1.54, 1.807) is 11.3 Å². The lowest BCUT2D eigenvalue weighted by Crippen LogP contribution is -2.21. The number of aromatic nitrogens is 2. The smallest absolute Gasteiger partial charge is 0.240 e. The molecule has 0 radical (unpaired) electrons. The summed E-state index contributed by atoms with van der Waals surface area (Å²) in [4.78, 5) is 12.7. The predicted molar refractivity (Wildman–Crippen MR) is 73.5 cm³/mol. The van der Waals surface area contributed by atoms with Gasteiger partial charge in [0.15, 0.2) is 0 Å². The zero-order valence-corrected chi connectivity index (χ0v) is 11.1. The third kappa shape index (κ3) is 2.34. The standard InChI is InChI=1S/C11H14N6S/c1-7-6-8-9(17(2)5-3-4-12)14-11(16-13)15-10(8)18-7/h6H,3,5,13H2,1-2H3,(H,14,15,16). The normalized spacial score (nSPS) is 10.3. The number of nitrogens with one attached hydrogen (secondary N) is 1. The number of hydrogen-bond acceptors (Lipinski definition) is 7. The molecule has 0 bridgehead atoms. The van der Waals surface area contributed by atoms with Crippen molar-refractivity contribution in [1.29, 1.82) is 5.26 Å². The van der Waals surface area contributed by atoms with Crippen molar-refractivity contribution in [3.8, 4) is 6.07 Å². The summed E-state index contributed by atoms with van der Waals surface area (Å²) >= 11 is 1.60. The number of hydrazine groups is 1. The zero-order valence-electron chi connectivity index (χ0n) is 10.3. The van der Waals surface area contributed by atoms with Gasteiger partial charge in [-0.3, -0.25) is 5.43 Å². The minimum absolute atomic E-state index is 0.392. The number of aryl methyl sites for hydroxylation is 1.